The molecule has 6 aliphatic heterocycles. The first-order valence-electron chi connectivity index (χ1n) is 26.0. The van der Waals surface area contributed by atoms with Crippen molar-refractivity contribution in [1.29, 1.82) is 1.28 Å². The fraction of sp³-hybridized carbons (Fsp3) is 0.545. The Kier molecular flexibility index (Phi) is 18.7. The van der Waals surface area contributed by atoms with Gasteiger partial charge in [-0.2, -0.15) is 0 Å². The molecule has 0 amide bonds. The normalized spacial score (nSPS) is 37.5. The Morgan fingerprint density at radius 3 is 1.92 bits per heavy atom. The molecule has 19 atom stereocenters. The fourth-order valence-electron chi connectivity index (χ4n) is 10.4. The molecule has 76 heavy (non-hydrogen) atoms. The number of benzene rings is 4. The molecule has 10 rings (SSSR count). The second-order valence-corrected chi connectivity index (χ2v) is 24.9. The summed E-state index contributed by atoms with van der Waals surface area (Å²) in [6, 6.07) is 39.2. The van der Waals surface area contributed by atoms with Crippen LogP contribution in [0.4, 0.5) is 0 Å². The zero-order valence-corrected chi connectivity index (χ0v) is 46.6. The second kappa shape index (κ2) is 25.8. The number of carbonyl (C=O) groups is 1. The number of aliphatic hydroxyl groups excluding tert-OH is 1. The summed E-state index contributed by atoms with van der Waals surface area (Å²) in [7, 11) is 0. The van der Waals surface area contributed by atoms with Crippen LogP contribution < -0.4 is 0 Å². The lowest BCUT2D eigenvalue weighted by Gasteiger charge is -2.48. The number of hydrogen-bond acceptors (Lipinski definition) is 19. The Balaban J connectivity index is 0.937. The predicted molar refractivity (Wildman–Crippen MR) is 283 cm³/mol. The van der Waals surface area contributed by atoms with E-state index in [0.717, 1.165) is 33.9 Å². The molecule has 0 aliphatic carbocycles. The van der Waals surface area contributed by atoms with Crippen molar-refractivity contribution in [3.63, 3.8) is 0 Å². The van der Waals surface area contributed by atoms with E-state index in [2.05, 4.69) is 0 Å². The van der Waals surface area contributed by atoms with Crippen molar-refractivity contribution in [3.8, 4) is 0 Å². The van der Waals surface area contributed by atoms with Crippen molar-refractivity contribution in [2.45, 2.75) is 171 Å². The van der Waals surface area contributed by atoms with Gasteiger partial charge in [-0.05, 0) is 66.4 Å². The topological polar surface area (TPSA) is 185 Å². The lowest BCUT2D eigenvalue weighted by Crippen LogP contribution is -2.65. The number of carbonyl (C=O) groups excluding carboxylic acids is 1. The first kappa shape index (κ1) is 55.1. The van der Waals surface area contributed by atoms with Gasteiger partial charge in [-0.3, -0.25) is 8.98 Å². The highest BCUT2D eigenvalue weighted by Gasteiger charge is 2.63. The number of fused-ring (bicyclic) bond motifs is 2. The van der Waals surface area contributed by atoms with Crippen molar-refractivity contribution >= 4 is 45.0 Å². The third kappa shape index (κ3) is 13.3. The zero-order valence-electron chi connectivity index (χ0n) is 43.7. The van der Waals surface area contributed by atoms with Crippen molar-refractivity contribution in [3.05, 3.63) is 144 Å². The molecule has 0 spiro atoms. The van der Waals surface area contributed by atoms with Gasteiger partial charge in [-0.1, -0.05) is 121 Å². The van der Waals surface area contributed by atoms with E-state index >= 15 is 0 Å². The standard InChI is InChI=1S/C55H66IO18PS/c1-32-41(66-34(3)57)40(58)44(52(65-32)74-76-75-56)69-51-47-45(71-54(4,5)72-47)42(33(2)64-51)67-50-46(61-28-37-22-14-8-15-23-37)43(39(29-62-50)60-27-36-20-12-7-13-21-36)68-53-48-55(31-63-53,30-59-26-35-18-10-6-11-19-35)73-49(70-48)38-24-16-9-17-25-38/h6-25,32-33,39-53,58,75H,26-31H2,1-5H3/t32-,33-,39-,40?,41+,42+,43?,44?,45?,46?,47?,48?,49+,50+,51+,52+,53+,55+,75?/m1/s1/i75T. The number of ether oxygens (including phenoxy) is 15. The Labute approximate surface area is 463 Å². The minimum atomic E-state index is -1.42. The molecule has 412 valence electrons. The van der Waals surface area contributed by atoms with Crippen LogP contribution in [0.3, 0.4) is 0 Å². The second-order valence-electron chi connectivity index (χ2n) is 20.0. The smallest absolute Gasteiger partial charge is 0.303 e. The summed E-state index contributed by atoms with van der Waals surface area (Å²) in [5.41, 5.74) is 2.63. The lowest BCUT2D eigenvalue weighted by atomic mass is 9.97. The molecule has 0 radical (unpaired) electrons. The van der Waals surface area contributed by atoms with E-state index in [1.165, 1.54) is 6.92 Å². The molecule has 4 aromatic rings. The van der Waals surface area contributed by atoms with Gasteiger partial charge in [0.2, 0.25) is 0 Å². The number of aliphatic hydroxyl groups is 1. The van der Waals surface area contributed by atoms with Gasteiger partial charge in [0.1, 0.15) is 60.5 Å². The van der Waals surface area contributed by atoms with Gasteiger partial charge in [-0.25, -0.2) is 0 Å². The average molecular weight is 1210 g/mol. The molecule has 6 saturated heterocycles. The van der Waals surface area contributed by atoms with Crippen LogP contribution in [-0.2, 0) is 99.9 Å². The summed E-state index contributed by atoms with van der Waals surface area (Å²) in [4.78, 5) is 12.2. The maximum atomic E-state index is 12.2. The summed E-state index contributed by atoms with van der Waals surface area (Å²) in [5, 5.41) is 10.4. The van der Waals surface area contributed by atoms with Crippen LogP contribution in [0.1, 0.15) is 63.2 Å². The monoisotopic (exact) mass is 1210 g/mol. The number of hydrogen-bond donors (Lipinski definition) is 1. The Bertz CT molecular complexity index is 2480. The van der Waals surface area contributed by atoms with E-state index in [0.29, 0.717) is 6.61 Å². The molecule has 18 nitrogen and oxygen atoms in total. The predicted octanol–water partition coefficient (Wildman–Crippen LogP) is 8.01. The summed E-state index contributed by atoms with van der Waals surface area (Å²) in [6.45, 7) is 9.26. The summed E-state index contributed by atoms with van der Waals surface area (Å²) >= 11 is 2.83. The minimum absolute atomic E-state index is 0.0172. The Morgan fingerprint density at radius 2 is 1.26 bits per heavy atom. The molecule has 8 unspecified atom stereocenters. The van der Waals surface area contributed by atoms with Gasteiger partial charge in [-0.15, -0.1) is 0 Å². The van der Waals surface area contributed by atoms with Crippen LogP contribution in [0.15, 0.2) is 121 Å². The summed E-state index contributed by atoms with van der Waals surface area (Å²) in [6.07, 6.45) is -16.6. The number of esters is 1. The average Bonchev–Trinajstić information content (AvgIpc) is 4.10. The van der Waals surface area contributed by atoms with E-state index in [1.807, 2.05) is 150 Å². The van der Waals surface area contributed by atoms with Crippen molar-refractivity contribution in [1.82, 2.24) is 0 Å². The molecular weight excluding hydrogens is 1140 g/mol. The highest BCUT2D eigenvalue weighted by atomic mass is 127. The minimum Gasteiger partial charge on any atom is -0.457 e. The van der Waals surface area contributed by atoms with Crippen LogP contribution >= 0.6 is 39.1 Å². The summed E-state index contributed by atoms with van der Waals surface area (Å²) < 4.78 is 113. The lowest BCUT2D eigenvalue weighted by molar-refractivity contribution is -0.367. The van der Waals surface area contributed by atoms with Crippen LogP contribution in [-0.4, -0.2) is 142 Å². The number of rotatable bonds is 21. The van der Waals surface area contributed by atoms with Gasteiger partial charge < -0.3 is 76.2 Å². The summed E-state index contributed by atoms with van der Waals surface area (Å²) in [5.74, 6) is -1.77. The molecule has 6 aliphatic rings. The van der Waals surface area contributed by atoms with Crippen LogP contribution in [0, 0.1) is 0 Å². The van der Waals surface area contributed by atoms with Crippen molar-refractivity contribution in [2.75, 3.05) is 19.8 Å². The van der Waals surface area contributed by atoms with Crippen LogP contribution in [0.25, 0.3) is 0 Å². The fourth-order valence-corrected chi connectivity index (χ4v) is 11.9. The molecule has 0 saturated carbocycles. The van der Waals surface area contributed by atoms with Crippen LogP contribution in [0.2, 0.25) is 0 Å². The van der Waals surface area contributed by atoms with Gasteiger partial charge in [0, 0.05) is 29.5 Å². The zero-order chi connectivity index (χ0) is 53.7. The van der Waals surface area contributed by atoms with Gasteiger partial charge in [0.25, 0.3) is 0 Å². The van der Waals surface area contributed by atoms with E-state index in [-0.39, 0.29) is 33.0 Å². The quantitative estimate of drug-likeness (QED) is 0.0366. The van der Waals surface area contributed by atoms with Gasteiger partial charge >= 0.3 is 5.97 Å². The number of halogens is 1. The third-order valence-corrected chi connectivity index (χ3v) is 16.2. The van der Waals surface area contributed by atoms with Crippen molar-refractivity contribution in [2.24, 2.45) is 0 Å². The van der Waals surface area contributed by atoms with Crippen LogP contribution in [0.5, 0.6) is 0 Å². The Morgan fingerprint density at radius 1 is 0.684 bits per heavy atom. The third-order valence-electron chi connectivity index (χ3n) is 14.0. The van der Waals surface area contributed by atoms with E-state index < -0.39 is 127 Å². The van der Waals surface area contributed by atoms with E-state index in [9.17, 15) is 9.90 Å². The first-order chi connectivity index (χ1) is 37.2. The molecule has 0 aromatic heterocycles. The molecule has 4 aromatic carbocycles. The van der Waals surface area contributed by atoms with E-state index in [1.54, 1.807) is 20.8 Å². The molecule has 0 bridgehead atoms. The molecule has 6 fully saturated rings. The Hall–Kier alpha value is -2.78. The SMILES string of the molecule is [3H]P(I)SO[C@@H]1O[C@H](C)[C@H](OC(C)=O)C(O)C1O[C@@H]1O[C@H](C)[C@H](O[C@@H]2OC[C@@H](OCc3ccccc3)C(O[C@@H]3OC[C@]4(COCc5ccccc5)O[C@@H](c5ccccc5)OC34)C2OCc2ccccc2)C2OC(C)(C)OC21. The largest absolute Gasteiger partial charge is 0.457 e. The maximum absolute atomic E-state index is 12.2. The van der Waals surface area contributed by atoms with Gasteiger partial charge in [0.15, 0.2) is 43.3 Å². The first-order valence-corrected chi connectivity index (χ1v) is 30.6. The van der Waals surface area contributed by atoms with Crippen molar-refractivity contribution < 1.29 is 85.1 Å². The molecule has 21 heteroatoms. The van der Waals surface area contributed by atoms with E-state index in [4.69, 9.17) is 76.5 Å². The highest BCUT2D eigenvalue weighted by Crippen LogP contribution is 2.48. The molecular formula is C55H66IO18PS. The molecule has 6 heterocycles. The maximum Gasteiger partial charge on any atom is 0.303 e. The highest BCUT2D eigenvalue weighted by molar-refractivity contribution is 14.2. The molecule has 1 N–H and O–H groups in total. The van der Waals surface area contributed by atoms with Gasteiger partial charge in [0.05, 0.1) is 53.1 Å².